The van der Waals surface area contributed by atoms with E-state index in [4.69, 9.17) is 16.7 Å². The SMILES string of the molecule is O=C(O)N1CCC(NC(=O)N2CCC[C@H]2CS(=O)(=O)c2ccc3cc(Cl)ccc3c2)CC1. The number of hydrogen-bond acceptors (Lipinski definition) is 4. The van der Waals surface area contributed by atoms with Gasteiger partial charge in [0.1, 0.15) is 0 Å². The van der Waals surface area contributed by atoms with E-state index in [1.807, 2.05) is 0 Å². The van der Waals surface area contributed by atoms with E-state index in [2.05, 4.69) is 5.32 Å². The summed E-state index contributed by atoms with van der Waals surface area (Å²) in [5.41, 5.74) is 0. The first-order valence-corrected chi connectivity index (χ1v) is 12.7. The number of piperidine rings is 1. The third kappa shape index (κ3) is 4.94. The van der Waals surface area contributed by atoms with Gasteiger partial charge in [0.2, 0.25) is 0 Å². The molecule has 0 radical (unpaired) electrons. The summed E-state index contributed by atoms with van der Waals surface area (Å²) < 4.78 is 26.2. The van der Waals surface area contributed by atoms with Crippen LogP contribution in [-0.4, -0.2) is 72.9 Å². The van der Waals surface area contributed by atoms with Crippen LogP contribution in [0.25, 0.3) is 10.8 Å². The molecular weight excluding hydrogens is 454 g/mol. The van der Waals surface area contributed by atoms with Crippen LogP contribution in [0.15, 0.2) is 41.3 Å². The minimum atomic E-state index is -3.59. The van der Waals surface area contributed by atoms with E-state index in [1.54, 1.807) is 41.3 Å². The number of sulfone groups is 1. The molecule has 0 aliphatic carbocycles. The number of likely N-dealkylation sites (tertiary alicyclic amines) is 2. The smallest absolute Gasteiger partial charge is 0.407 e. The summed E-state index contributed by atoms with van der Waals surface area (Å²) in [5.74, 6) is -0.128. The Morgan fingerprint density at radius 1 is 1.03 bits per heavy atom. The van der Waals surface area contributed by atoms with Crippen molar-refractivity contribution in [3.63, 3.8) is 0 Å². The average molecular weight is 480 g/mol. The second kappa shape index (κ2) is 9.15. The fourth-order valence-electron chi connectivity index (χ4n) is 4.49. The van der Waals surface area contributed by atoms with E-state index in [1.165, 1.54) is 4.90 Å². The number of nitrogens with zero attached hydrogens (tertiary/aromatic N) is 2. The topological polar surface area (TPSA) is 107 Å². The first kappa shape index (κ1) is 22.7. The quantitative estimate of drug-likeness (QED) is 0.696. The number of halogens is 1. The Morgan fingerprint density at radius 2 is 1.72 bits per heavy atom. The zero-order valence-electron chi connectivity index (χ0n) is 17.5. The summed E-state index contributed by atoms with van der Waals surface area (Å²) in [5, 5.41) is 14.3. The highest BCUT2D eigenvalue weighted by Crippen LogP contribution is 2.26. The van der Waals surface area contributed by atoms with Gasteiger partial charge in [0.15, 0.2) is 9.84 Å². The average Bonchev–Trinajstić information content (AvgIpc) is 3.21. The Bertz CT molecular complexity index is 1130. The van der Waals surface area contributed by atoms with Gasteiger partial charge in [-0.25, -0.2) is 18.0 Å². The van der Waals surface area contributed by atoms with Crippen LogP contribution in [0.4, 0.5) is 9.59 Å². The van der Waals surface area contributed by atoms with Crippen molar-refractivity contribution in [1.82, 2.24) is 15.1 Å². The predicted octanol–water partition coefficient (Wildman–Crippen LogP) is 3.58. The molecule has 32 heavy (non-hydrogen) atoms. The van der Waals surface area contributed by atoms with Crippen LogP contribution < -0.4 is 5.32 Å². The number of carboxylic acid groups (broad SMARTS) is 1. The van der Waals surface area contributed by atoms with E-state index in [0.717, 1.165) is 17.2 Å². The van der Waals surface area contributed by atoms with E-state index < -0.39 is 15.9 Å². The van der Waals surface area contributed by atoms with Gasteiger partial charge in [0.05, 0.1) is 10.6 Å². The number of hydrogen-bond donors (Lipinski definition) is 2. The highest BCUT2D eigenvalue weighted by molar-refractivity contribution is 7.91. The molecule has 2 N–H and O–H groups in total. The number of carbonyl (C=O) groups is 2. The molecule has 172 valence electrons. The molecule has 0 bridgehead atoms. The fourth-order valence-corrected chi connectivity index (χ4v) is 6.29. The standard InChI is InChI=1S/C22H26ClN3O5S/c23-17-5-3-16-13-20(6-4-15(16)12-17)32(30,31)14-19-2-1-9-26(19)21(27)24-18-7-10-25(11-8-18)22(28)29/h3-6,12-13,18-19H,1-2,7-11,14H2,(H,24,27)(H,28,29)/t19-/m0/s1. The van der Waals surface area contributed by atoms with Gasteiger partial charge in [-0.2, -0.15) is 0 Å². The van der Waals surface area contributed by atoms with Crippen LogP contribution in [0.2, 0.25) is 5.02 Å². The Labute approximate surface area is 192 Å². The highest BCUT2D eigenvalue weighted by Gasteiger charge is 2.34. The lowest BCUT2D eigenvalue weighted by atomic mass is 10.1. The van der Waals surface area contributed by atoms with Gasteiger partial charge in [0.25, 0.3) is 0 Å². The number of nitrogens with one attached hydrogen (secondary N) is 1. The summed E-state index contributed by atoms with van der Waals surface area (Å²) in [6.07, 6.45) is 1.54. The summed E-state index contributed by atoms with van der Waals surface area (Å²) in [7, 11) is -3.59. The number of urea groups is 1. The zero-order valence-corrected chi connectivity index (χ0v) is 19.1. The zero-order chi connectivity index (χ0) is 22.9. The molecule has 2 aliphatic rings. The van der Waals surface area contributed by atoms with Crippen molar-refractivity contribution < 1.29 is 23.1 Å². The largest absolute Gasteiger partial charge is 0.465 e. The Morgan fingerprint density at radius 3 is 2.44 bits per heavy atom. The lowest BCUT2D eigenvalue weighted by molar-refractivity contribution is 0.128. The van der Waals surface area contributed by atoms with Gasteiger partial charge in [-0.15, -0.1) is 0 Å². The maximum atomic E-state index is 13.1. The van der Waals surface area contributed by atoms with Crippen LogP contribution in [0.1, 0.15) is 25.7 Å². The number of benzene rings is 2. The summed E-state index contributed by atoms with van der Waals surface area (Å²) in [6, 6.07) is 9.52. The van der Waals surface area contributed by atoms with Crippen LogP contribution in [0, 0.1) is 0 Å². The lowest BCUT2D eigenvalue weighted by Crippen LogP contribution is -2.51. The second-order valence-corrected chi connectivity index (χ2v) is 10.9. The van der Waals surface area contributed by atoms with Crippen LogP contribution in [0.3, 0.4) is 0 Å². The van der Waals surface area contributed by atoms with Crippen LogP contribution >= 0.6 is 11.6 Å². The molecule has 3 amide bonds. The summed E-state index contributed by atoms with van der Waals surface area (Å²) in [6.45, 7) is 1.27. The fraction of sp³-hybridized carbons (Fsp3) is 0.455. The molecule has 0 unspecified atom stereocenters. The number of carbonyl (C=O) groups excluding carboxylic acids is 1. The van der Waals surface area contributed by atoms with E-state index in [0.29, 0.717) is 43.9 Å². The number of amides is 3. The van der Waals surface area contributed by atoms with Crippen molar-refractivity contribution in [1.29, 1.82) is 0 Å². The van der Waals surface area contributed by atoms with Crippen molar-refractivity contribution in [2.75, 3.05) is 25.4 Å². The summed E-state index contributed by atoms with van der Waals surface area (Å²) in [4.78, 5) is 27.1. The molecule has 4 rings (SSSR count). The van der Waals surface area contributed by atoms with Gasteiger partial charge >= 0.3 is 12.1 Å². The van der Waals surface area contributed by atoms with Gasteiger partial charge in [-0.1, -0.05) is 23.7 Å². The molecule has 2 aromatic carbocycles. The maximum absolute atomic E-state index is 13.1. The first-order chi connectivity index (χ1) is 15.2. The van der Waals surface area contributed by atoms with E-state index >= 15 is 0 Å². The molecule has 2 aliphatic heterocycles. The number of fused-ring (bicyclic) bond motifs is 1. The first-order valence-electron chi connectivity index (χ1n) is 10.7. The predicted molar refractivity (Wildman–Crippen MR) is 122 cm³/mol. The van der Waals surface area contributed by atoms with Gasteiger partial charge in [-0.05, 0) is 60.7 Å². The molecule has 0 spiro atoms. The lowest BCUT2D eigenvalue weighted by Gasteiger charge is -2.32. The van der Waals surface area contributed by atoms with Crippen LogP contribution in [0.5, 0.6) is 0 Å². The van der Waals surface area contributed by atoms with E-state index in [-0.39, 0.29) is 28.8 Å². The van der Waals surface area contributed by atoms with Crippen molar-refractivity contribution in [3.8, 4) is 0 Å². The molecular formula is C22H26ClN3O5S. The normalized spacial score (nSPS) is 20.0. The van der Waals surface area contributed by atoms with Crippen molar-refractivity contribution >= 4 is 44.3 Å². The minimum absolute atomic E-state index is 0.108. The molecule has 8 nitrogen and oxygen atoms in total. The Balaban J connectivity index is 1.41. The van der Waals surface area contributed by atoms with Gasteiger partial charge in [0, 0.05) is 36.7 Å². The molecule has 2 fully saturated rings. The highest BCUT2D eigenvalue weighted by atomic mass is 35.5. The van der Waals surface area contributed by atoms with E-state index in [9.17, 15) is 18.0 Å². The van der Waals surface area contributed by atoms with Crippen LogP contribution in [-0.2, 0) is 9.84 Å². The molecule has 2 aromatic rings. The van der Waals surface area contributed by atoms with Gasteiger partial charge in [-0.3, -0.25) is 0 Å². The third-order valence-corrected chi connectivity index (χ3v) is 8.31. The molecule has 0 saturated carbocycles. The monoisotopic (exact) mass is 479 g/mol. The van der Waals surface area contributed by atoms with Crippen molar-refractivity contribution in [2.45, 2.75) is 42.7 Å². The Hall–Kier alpha value is -2.52. The van der Waals surface area contributed by atoms with Crippen molar-refractivity contribution in [2.24, 2.45) is 0 Å². The summed E-state index contributed by atoms with van der Waals surface area (Å²) >= 11 is 6.01. The second-order valence-electron chi connectivity index (χ2n) is 8.42. The molecule has 0 aromatic heterocycles. The third-order valence-electron chi connectivity index (χ3n) is 6.28. The molecule has 2 heterocycles. The minimum Gasteiger partial charge on any atom is -0.465 e. The maximum Gasteiger partial charge on any atom is 0.407 e. The Kier molecular flexibility index (Phi) is 6.48. The molecule has 10 heteroatoms. The molecule has 2 saturated heterocycles. The van der Waals surface area contributed by atoms with Gasteiger partial charge < -0.3 is 20.2 Å². The molecule has 1 atom stereocenters. The number of rotatable bonds is 4. The van der Waals surface area contributed by atoms with Crippen molar-refractivity contribution in [3.05, 3.63) is 41.4 Å².